The maximum absolute atomic E-state index is 5.18. The first-order chi connectivity index (χ1) is 23.1. The molecule has 0 atom stereocenters. The smallest absolute Gasteiger partial charge is 0.160 e. The zero-order valence-corrected chi connectivity index (χ0v) is 26.4. The molecule has 2 heteroatoms. The normalized spacial score (nSPS) is 13.1. The quantitative estimate of drug-likeness (QED) is 0.201. The fourth-order valence-electron chi connectivity index (χ4n) is 7.59. The van der Waals surface area contributed by atoms with Crippen molar-refractivity contribution in [2.24, 2.45) is 0 Å². The van der Waals surface area contributed by atoms with Gasteiger partial charge < -0.3 is 0 Å². The van der Waals surface area contributed by atoms with Gasteiger partial charge in [0.05, 0.1) is 11.4 Å². The van der Waals surface area contributed by atoms with Crippen molar-refractivity contribution < 1.29 is 0 Å². The molecule has 1 aliphatic rings. The van der Waals surface area contributed by atoms with Crippen LogP contribution in [0, 0.1) is 0 Å². The summed E-state index contributed by atoms with van der Waals surface area (Å²) >= 11 is 0. The topological polar surface area (TPSA) is 25.8 Å². The van der Waals surface area contributed by atoms with Gasteiger partial charge in [0.2, 0.25) is 0 Å². The highest BCUT2D eigenvalue weighted by atomic mass is 14.9. The van der Waals surface area contributed by atoms with E-state index in [0.29, 0.717) is 0 Å². The molecule has 8 aromatic rings. The van der Waals surface area contributed by atoms with Crippen molar-refractivity contribution >= 4 is 21.5 Å². The molecule has 2 nitrogen and oxygen atoms in total. The van der Waals surface area contributed by atoms with Crippen molar-refractivity contribution in [1.29, 1.82) is 0 Å². The maximum Gasteiger partial charge on any atom is 0.160 e. The molecule has 0 amide bonds. The van der Waals surface area contributed by atoms with E-state index in [1.54, 1.807) is 0 Å². The summed E-state index contributed by atoms with van der Waals surface area (Å²) in [5, 5.41) is 4.98. The third kappa shape index (κ3) is 4.33. The second-order valence-corrected chi connectivity index (χ2v) is 13.0. The first kappa shape index (κ1) is 27.5. The molecule has 0 unspecified atom stereocenters. The Labute approximate surface area is 275 Å². The van der Waals surface area contributed by atoms with Crippen LogP contribution in [0.5, 0.6) is 0 Å². The first-order valence-electron chi connectivity index (χ1n) is 16.3. The van der Waals surface area contributed by atoms with E-state index in [0.717, 1.165) is 33.9 Å². The zero-order chi connectivity index (χ0) is 31.5. The zero-order valence-electron chi connectivity index (χ0n) is 26.4. The van der Waals surface area contributed by atoms with Crippen molar-refractivity contribution in [2.45, 2.75) is 19.3 Å². The Balaban J connectivity index is 1.29. The number of hydrogen-bond acceptors (Lipinski definition) is 2. The van der Waals surface area contributed by atoms with Gasteiger partial charge in [0.15, 0.2) is 5.82 Å². The summed E-state index contributed by atoms with van der Waals surface area (Å²) in [6, 6.07) is 56.4. The van der Waals surface area contributed by atoms with Crippen LogP contribution < -0.4 is 0 Å². The van der Waals surface area contributed by atoms with Crippen LogP contribution in [0.25, 0.3) is 77.7 Å². The van der Waals surface area contributed by atoms with E-state index < -0.39 is 0 Å². The SMILES string of the molecule is CC1(C)c2cccc(-c3ccc(-c4cc(-c5ccccc5)nc(-c5ccccc5)n4)c4ccccc34)c2-c2c1ccc1ccccc21. The molecule has 0 saturated heterocycles. The Morgan fingerprint density at radius 2 is 1.00 bits per heavy atom. The second kappa shape index (κ2) is 10.6. The van der Waals surface area contributed by atoms with E-state index in [2.05, 4.69) is 147 Å². The molecule has 1 aromatic heterocycles. The van der Waals surface area contributed by atoms with E-state index in [-0.39, 0.29) is 5.41 Å². The molecule has 0 saturated carbocycles. The fraction of sp³-hybridized carbons (Fsp3) is 0.0667. The Bertz CT molecular complexity index is 2420. The number of hydrogen-bond donors (Lipinski definition) is 0. The van der Waals surface area contributed by atoms with Gasteiger partial charge in [-0.05, 0) is 61.0 Å². The van der Waals surface area contributed by atoms with E-state index in [4.69, 9.17) is 9.97 Å². The summed E-state index contributed by atoms with van der Waals surface area (Å²) < 4.78 is 0. The van der Waals surface area contributed by atoms with Gasteiger partial charge in [-0.25, -0.2) is 9.97 Å². The van der Waals surface area contributed by atoms with E-state index in [1.807, 2.05) is 24.3 Å². The molecule has 0 aliphatic heterocycles. The van der Waals surface area contributed by atoms with Crippen molar-refractivity contribution in [3.63, 3.8) is 0 Å². The molecule has 0 N–H and O–H groups in total. The number of rotatable bonds is 4. The van der Waals surface area contributed by atoms with Gasteiger partial charge in [0.1, 0.15) is 0 Å². The minimum atomic E-state index is -0.0942. The minimum absolute atomic E-state index is 0.0942. The van der Waals surface area contributed by atoms with Crippen LogP contribution in [0.1, 0.15) is 25.0 Å². The Morgan fingerprint density at radius 1 is 0.404 bits per heavy atom. The Morgan fingerprint density at radius 3 is 1.77 bits per heavy atom. The van der Waals surface area contributed by atoms with Crippen LogP contribution in [-0.2, 0) is 5.41 Å². The van der Waals surface area contributed by atoms with Gasteiger partial charge >= 0.3 is 0 Å². The molecule has 47 heavy (non-hydrogen) atoms. The summed E-state index contributed by atoms with van der Waals surface area (Å²) in [5.74, 6) is 0.724. The summed E-state index contributed by atoms with van der Waals surface area (Å²) in [5.41, 5.74) is 12.9. The Hall–Kier alpha value is -5.86. The summed E-state index contributed by atoms with van der Waals surface area (Å²) in [6.07, 6.45) is 0. The minimum Gasteiger partial charge on any atom is -0.228 e. The molecular formula is C45H32N2. The van der Waals surface area contributed by atoms with Gasteiger partial charge in [-0.2, -0.15) is 0 Å². The predicted octanol–water partition coefficient (Wildman–Crippen LogP) is 11.8. The monoisotopic (exact) mass is 600 g/mol. The van der Waals surface area contributed by atoms with E-state index in [9.17, 15) is 0 Å². The molecule has 1 aliphatic carbocycles. The van der Waals surface area contributed by atoms with Gasteiger partial charge in [0, 0.05) is 22.1 Å². The Kier molecular flexibility index (Phi) is 6.20. The molecule has 7 aromatic carbocycles. The maximum atomic E-state index is 5.18. The van der Waals surface area contributed by atoms with Gasteiger partial charge in [0.25, 0.3) is 0 Å². The lowest BCUT2D eigenvalue weighted by Gasteiger charge is -2.22. The third-order valence-corrected chi connectivity index (χ3v) is 9.91. The van der Waals surface area contributed by atoms with Gasteiger partial charge in [-0.15, -0.1) is 0 Å². The van der Waals surface area contributed by atoms with Crippen molar-refractivity contribution in [1.82, 2.24) is 9.97 Å². The van der Waals surface area contributed by atoms with Crippen LogP contribution in [-0.4, -0.2) is 9.97 Å². The summed E-state index contributed by atoms with van der Waals surface area (Å²) in [6.45, 7) is 4.72. The second-order valence-electron chi connectivity index (χ2n) is 13.0. The standard InChI is InChI=1S/C45H32N2/c1-45(2)38-23-13-22-37(43(38)42-32-19-10-9-14-29(32)24-27-39(42)45)35-25-26-36(34-21-12-11-20-33(34)35)41-28-40(30-15-5-3-6-16-30)46-44(47-41)31-17-7-4-8-18-31/h3-28H,1-2H3. The molecule has 0 radical (unpaired) electrons. The van der Waals surface area contributed by atoms with E-state index >= 15 is 0 Å². The highest BCUT2D eigenvalue weighted by molar-refractivity contribution is 6.11. The highest BCUT2D eigenvalue weighted by Gasteiger charge is 2.38. The molecule has 9 rings (SSSR count). The average Bonchev–Trinajstić information content (AvgIpc) is 3.38. The predicted molar refractivity (Wildman–Crippen MR) is 196 cm³/mol. The third-order valence-electron chi connectivity index (χ3n) is 9.91. The van der Waals surface area contributed by atoms with Gasteiger partial charge in [-0.3, -0.25) is 0 Å². The van der Waals surface area contributed by atoms with Crippen LogP contribution >= 0.6 is 0 Å². The lowest BCUT2D eigenvalue weighted by Crippen LogP contribution is -2.14. The van der Waals surface area contributed by atoms with Crippen LogP contribution in [0.4, 0.5) is 0 Å². The number of aromatic nitrogens is 2. The molecule has 0 fully saturated rings. The van der Waals surface area contributed by atoms with Crippen LogP contribution in [0.3, 0.4) is 0 Å². The summed E-state index contributed by atoms with van der Waals surface area (Å²) in [4.78, 5) is 10.2. The number of fused-ring (bicyclic) bond motifs is 6. The van der Waals surface area contributed by atoms with Crippen LogP contribution in [0.15, 0.2) is 158 Å². The summed E-state index contributed by atoms with van der Waals surface area (Å²) in [7, 11) is 0. The van der Waals surface area contributed by atoms with Crippen LogP contribution in [0.2, 0.25) is 0 Å². The molecular weight excluding hydrogens is 569 g/mol. The van der Waals surface area contributed by atoms with Crippen molar-refractivity contribution in [2.75, 3.05) is 0 Å². The molecule has 1 heterocycles. The molecule has 0 bridgehead atoms. The lowest BCUT2D eigenvalue weighted by molar-refractivity contribution is 0.661. The van der Waals surface area contributed by atoms with Crippen molar-refractivity contribution in [3.8, 4) is 56.2 Å². The largest absolute Gasteiger partial charge is 0.228 e. The lowest BCUT2D eigenvalue weighted by atomic mass is 9.81. The number of benzene rings is 7. The average molecular weight is 601 g/mol. The fourth-order valence-corrected chi connectivity index (χ4v) is 7.59. The van der Waals surface area contributed by atoms with Crippen molar-refractivity contribution in [3.05, 3.63) is 169 Å². The number of nitrogens with zero attached hydrogens (tertiary/aromatic N) is 2. The molecule has 0 spiro atoms. The molecule has 222 valence electrons. The van der Waals surface area contributed by atoms with Gasteiger partial charge in [-0.1, -0.05) is 166 Å². The van der Waals surface area contributed by atoms with E-state index in [1.165, 1.54) is 54.9 Å². The highest BCUT2D eigenvalue weighted by Crippen LogP contribution is 2.55. The first-order valence-corrected chi connectivity index (χ1v) is 16.3.